The van der Waals surface area contributed by atoms with Gasteiger partial charge < -0.3 is 36.4 Å². The second kappa shape index (κ2) is 17.9. The van der Waals surface area contributed by atoms with Crippen molar-refractivity contribution in [1.29, 1.82) is 0 Å². The van der Waals surface area contributed by atoms with E-state index in [0.717, 1.165) is 51.1 Å². The molecule has 0 fully saturated rings. The third-order valence-corrected chi connectivity index (χ3v) is 10.5. The second-order valence-corrected chi connectivity index (χ2v) is 12.8. The minimum Gasteiger partial charge on any atom is -0.377 e. The van der Waals surface area contributed by atoms with Gasteiger partial charge in [-0.3, -0.25) is 0 Å². The Kier molecular flexibility index (Phi) is 19.4. The third-order valence-electron chi connectivity index (χ3n) is 4.81. The van der Waals surface area contributed by atoms with Crippen LogP contribution in [0.4, 0.5) is 0 Å². The predicted molar refractivity (Wildman–Crippen MR) is 119 cm³/mol. The van der Waals surface area contributed by atoms with Crippen molar-refractivity contribution >= 4 is 17.6 Å². The zero-order valence-corrected chi connectivity index (χ0v) is 22.0. The lowest BCUT2D eigenvalue weighted by atomic mass is 10.4. The molecule has 0 rings (SSSR count). The molecule has 0 aromatic heterocycles. The van der Waals surface area contributed by atoms with E-state index in [4.69, 9.17) is 26.6 Å². The fourth-order valence-corrected chi connectivity index (χ4v) is 6.19. The number of hydrogen-bond acceptors (Lipinski definition) is 8. The quantitative estimate of drug-likeness (QED) is 0.338. The molecule has 0 aromatic carbocycles. The van der Waals surface area contributed by atoms with Gasteiger partial charge in [-0.2, -0.15) is 0 Å². The van der Waals surface area contributed by atoms with Crippen LogP contribution in [0.3, 0.4) is 0 Å². The highest BCUT2D eigenvalue weighted by Crippen LogP contribution is 2.15. The lowest BCUT2D eigenvalue weighted by Gasteiger charge is -2.25. The van der Waals surface area contributed by atoms with E-state index < -0.39 is 17.6 Å². The van der Waals surface area contributed by atoms with Gasteiger partial charge in [0.25, 0.3) is 0 Å². The summed E-state index contributed by atoms with van der Waals surface area (Å²) in [6.45, 7) is 8.66. The molecule has 8 nitrogen and oxygen atoms in total. The molecule has 0 radical (unpaired) electrons. The SMILES string of the molecule is CCN(CC)CCC[Si](OC)(OC)OC.CO[Si](CCCN(C)C)(OC)OC. The Labute approximate surface area is 176 Å². The monoisotopic (exact) mass is 442 g/mol. The van der Waals surface area contributed by atoms with Crippen molar-refractivity contribution in [3.8, 4) is 0 Å². The van der Waals surface area contributed by atoms with E-state index in [9.17, 15) is 0 Å². The van der Waals surface area contributed by atoms with E-state index in [-0.39, 0.29) is 0 Å². The molecule has 10 heteroatoms. The molecule has 0 aromatic rings. The van der Waals surface area contributed by atoms with Crippen LogP contribution in [-0.2, 0) is 26.6 Å². The Bertz CT molecular complexity index is 326. The fourth-order valence-electron chi connectivity index (χ4n) is 2.78. The van der Waals surface area contributed by atoms with Gasteiger partial charge in [0.1, 0.15) is 0 Å². The zero-order valence-electron chi connectivity index (χ0n) is 20.0. The van der Waals surface area contributed by atoms with Crippen LogP contribution in [-0.4, -0.2) is 110 Å². The van der Waals surface area contributed by atoms with Gasteiger partial charge in [0.15, 0.2) is 0 Å². The van der Waals surface area contributed by atoms with Gasteiger partial charge in [-0.15, -0.1) is 0 Å². The minimum absolute atomic E-state index is 0.870. The molecule has 0 amide bonds. The Morgan fingerprint density at radius 3 is 1.14 bits per heavy atom. The normalized spacial score (nSPS) is 12.4. The first-order valence-electron chi connectivity index (χ1n) is 9.95. The maximum absolute atomic E-state index is 5.36. The van der Waals surface area contributed by atoms with Gasteiger partial charge in [0.05, 0.1) is 0 Å². The molecule has 0 saturated carbocycles. The summed E-state index contributed by atoms with van der Waals surface area (Å²) in [6, 6.07) is 1.75. The van der Waals surface area contributed by atoms with Crippen molar-refractivity contribution in [2.75, 3.05) is 82.9 Å². The molecule has 0 heterocycles. The molecule has 0 saturated heterocycles. The number of rotatable bonds is 16. The summed E-state index contributed by atoms with van der Waals surface area (Å²) in [7, 11) is 9.39. The van der Waals surface area contributed by atoms with Gasteiger partial charge in [0, 0.05) is 54.7 Å². The summed E-state index contributed by atoms with van der Waals surface area (Å²) in [5.41, 5.74) is 0. The van der Waals surface area contributed by atoms with E-state index in [2.05, 4.69) is 37.7 Å². The summed E-state index contributed by atoms with van der Waals surface area (Å²) in [5.74, 6) is 0. The van der Waals surface area contributed by atoms with Crippen LogP contribution in [0, 0.1) is 0 Å². The molecule has 0 unspecified atom stereocenters. The van der Waals surface area contributed by atoms with Gasteiger partial charge in [-0.1, -0.05) is 13.8 Å². The maximum atomic E-state index is 5.36. The van der Waals surface area contributed by atoms with Crippen LogP contribution in [0.15, 0.2) is 0 Å². The van der Waals surface area contributed by atoms with Crippen LogP contribution < -0.4 is 0 Å². The molecule has 0 aliphatic heterocycles. The Morgan fingerprint density at radius 1 is 0.571 bits per heavy atom. The van der Waals surface area contributed by atoms with Crippen LogP contribution in [0.25, 0.3) is 0 Å². The van der Waals surface area contributed by atoms with E-state index in [1.54, 1.807) is 42.7 Å². The highest BCUT2D eigenvalue weighted by atomic mass is 28.4. The molecular formula is C18H46N2O6Si2. The van der Waals surface area contributed by atoms with Gasteiger partial charge >= 0.3 is 17.6 Å². The molecule has 172 valence electrons. The van der Waals surface area contributed by atoms with Crippen molar-refractivity contribution in [2.24, 2.45) is 0 Å². The Morgan fingerprint density at radius 2 is 0.893 bits per heavy atom. The Balaban J connectivity index is 0. The highest BCUT2D eigenvalue weighted by molar-refractivity contribution is 6.60. The molecule has 0 bridgehead atoms. The number of nitrogens with zero attached hydrogens (tertiary/aromatic N) is 2. The third kappa shape index (κ3) is 12.6. The first kappa shape index (κ1) is 30.3. The summed E-state index contributed by atoms with van der Waals surface area (Å²) >= 11 is 0. The lowest BCUT2D eigenvalue weighted by Crippen LogP contribution is -2.43. The largest absolute Gasteiger partial charge is 0.500 e. The van der Waals surface area contributed by atoms with Crippen molar-refractivity contribution in [3.63, 3.8) is 0 Å². The van der Waals surface area contributed by atoms with Crippen molar-refractivity contribution in [2.45, 2.75) is 38.8 Å². The Hall–Kier alpha value is 0.114. The molecule has 0 aliphatic rings. The summed E-state index contributed by atoms with van der Waals surface area (Å²) in [6.07, 6.45) is 2.10. The van der Waals surface area contributed by atoms with E-state index in [1.165, 1.54) is 0 Å². The molecule has 0 N–H and O–H groups in total. The summed E-state index contributed by atoms with van der Waals surface area (Å²) in [4.78, 5) is 4.53. The topological polar surface area (TPSA) is 61.9 Å². The lowest BCUT2D eigenvalue weighted by molar-refractivity contribution is 0.121. The van der Waals surface area contributed by atoms with Gasteiger partial charge in [0.2, 0.25) is 0 Å². The zero-order chi connectivity index (χ0) is 22.1. The maximum Gasteiger partial charge on any atom is 0.500 e. The summed E-state index contributed by atoms with van der Waals surface area (Å²) < 4.78 is 32.0. The number of hydrogen-bond donors (Lipinski definition) is 0. The van der Waals surface area contributed by atoms with E-state index in [0.29, 0.717) is 0 Å². The van der Waals surface area contributed by atoms with Crippen LogP contribution in [0.5, 0.6) is 0 Å². The first-order valence-corrected chi connectivity index (χ1v) is 13.8. The highest BCUT2D eigenvalue weighted by Gasteiger charge is 2.37. The van der Waals surface area contributed by atoms with Crippen LogP contribution in [0.1, 0.15) is 26.7 Å². The first-order chi connectivity index (χ1) is 13.3. The molecule has 28 heavy (non-hydrogen) atoms. The van der Waals surface area contributed by atoms with Crippen LogP contribution in [0.2, 0.25) is 12.1 Å². The van der Waals surface area contributed by atoms with Crippen LogP contribution >= 0.6 is 0 Å². The predicted octanol–water partition coefficient (Wildman–Crippen LogP) is 2.41. The van der Waals surface area contributed by atoms with Gasteiger partial charge in [-0.25, -0.2) is 0 Å². The average molecular weight is 443 g/mol. The molecule has 0 spiro atoms. The molecule has 0 aliphatic carbocycles. The van der Waals surface area contributed by atoms with E-state index >= 15 is 0 Å². The smallest absolute Gasteiger partial charge is 0.377 e. The molecule has 0 atom stereocenters. The minimum atomic E-state index is -2.34. The van der Waals surface area contributed by atoms with Crippen molar-refractivity contribution in [3.05, 3.63) is 0 Å². The standard InChI is InChI=1S/C10H25NO3Si.C8H21NO3Si/c1-6-11(7-2)9-8-10-15(12-3,13-4)14-5;1-9(2)7-6-8-13(10-3,11-4)12-5/h6-10H2,1-5H3;6-8H2,1-5H3. The van der Waals surface area contributed by atoms with Gasteiger partial charge in [-0.05, 0) is 53.1 Å². The van der Waals surface area contributed by atoms with Crippen molar-refractivity contribution < 1.29 is 26.6 Å². The average Bonchev–Trinajstić information content (AvgIpc) is 2.73. The van der Waals surface area contributed by atoms with Crippen molar-refractivity contribution in [1.82, 2.24) is 9.80 Å². The van der Waals surface area contributed by atoms with E-state index in [1.807, 2.05) is 0 Å². The second-order valence-electron chi connectivity index (χ2n) is 6.63. The molecular weight excluding hydrogens is 396 g/mol. The summed E-state index contributed by atoms with van der Waals surface area (Å²) in [5, 5.41) is 0. The fraction of sp³-hybridized carbons (Fsp3) is 1.00.